The molecule has 1 heterocycles. The Balaban J connectivity index is 2.03. The molecule has 1 aliphatic carbocycles. The summed E-state index contributed by atoms with van der Waals surface area (Å²) in [7, 11) is 0. The van der Waals surface area contributed by atoms with Crippen molar-refractivity contribution >= 4 is 22.4 Å². The summed E-state index contributed by atoms with van der Waals surface area (Å²) < 4.78 is 0. The number of carbonyl (C=O) groups is 1. The Morgan fingerprint density at radius 2 is 2.47 bits per heavy atom. The molecular weight excluding hydrogens is 210 g/mol. The van der Waals surface area contributed by atoms with Crippen molar-refractivity contribution in [3.8, 4) is 0 Å². The van der Waals surface area contributed by atoms with E-state index in [9.17, 15) is 4.79 Å². The first-order valence-electron chi connectivity index (χ1n) is 5.10. The largest absolute Gasteiger partial charge is 0.329 e. The smallest absolute Gasteiger partial charge is 0.233 e. The molecule has 0 aliphatic heterocycles. The third-order valence-corrected chi connectivity index (χ3v) is 3.85. The molecule has 4 nitrogen and oxygen atoms in total. The number of amides is 1. The molecule has 3 N–H and O–H groups in total. The number of hydrogen-bond donors (Lipinski definition) is 2. The first kappa shape index (κ1) is 10.6. The standard InChI is InChI=1S/C10H15N3OS/c1-7-5-12-9(15-7)13-8(14)10(6-11)3-2-4-10/h5H,2-4,6,11H2,1H3,(H,12,13,14). The fourth-order valence-electron chi connectivity index (χ4n) is 1.77. The monoisotopic (exact) mass is 225 g/mol. The normalized spacial score (nSPS) is 18.3. The molecular formula is C10H15N3OS. The predicted molar refractivity (Wildman–Crippen MR) is 60.8 cm³/mol. The molecule has 82 valence electrons. The molecule has 0 atom stereocenters. The Labute approximate surface area is 92.9 Å². The molecule has 0 radical (unpaired) electrons. The van der Waals surface area contributed by atoms with Crippen LogP contribution in [0.5, 0.6) is 0 Å². The van der Waals surface area contributed by atoms with Crippen LogP contribution in [0.2, 0.25) is 0 Å². The molecule has 0 saturated heterocycles. The van der Waals surface area contributed by atoms with Gasteiger partial charge in [0.1, 0.15) is 0 Å². The van der Waals surface area contributed by atoms with E-state index in [1.165, 1.54) is 11.3 Å². The average Bonchev–Trinajstić information content (AvgIpc) is 2.50. The molecule has 1 saturated carbocycles. The van der Waals surface area contributed by atoms with Crippen LogP contribution in [0.15, 0.2) is 6.20 Å². The second-order valence-electron chi connectivity index (χ2n) is 4.07. The fourth-order valence-corrected chi connectivity index (χ4v) is 2.43. The summed E-state index contributed by atoms with van der Waals surface area (Å²) in [5, 5.41) is 3.52. The van der Waals surface area contributed by atoms with Crippen molar-refractivity contribution in [3.05, 3.63) is 11.1 Å². The van der Waals surface area contributed by atoms with E-state index in [4.69, 9.17) is 5.73 Å². The zero-order chi connectivity index (χ0) is 10.9. The van der Waals surface area contributed by atoms with E-state index in [-0.39, 0.29) is 11.3 Å². The number of aryl methyl sites for hydroxylation is 1. The highest BCUT2D eigenvalue weighted by Gasteiger charge is 2.43. The summed E-state index contributed by atoms with van der Waals surface area (Å²) >= 11 is 1.49. The molecule has 5 heteroatoms. The Bertz CT molecular complexity index is 365. The van der Waals surface area contributed by atoms with Crippen LogP contribution in [-0.4, -0.2) is 17.4 Å². The molecule has 1 aliphatic rings. The number of nitrogens with two attached hydrogens (primary N) is 1. The Kier molecular flexibility index (Phi) is 2.75. The van der Waals surface area contributed by atoms with Crippen LogP contribution in [0.25, 0.3) is 0 Å². The van der Waals surface area contributed by atoms with E-state index >= 15 is 0 Å². The third-order valence-electron chi connectivity index (χ3n) is 3.02. The maximum Gasteiger partial charge on any atom is 0.233 e. The maximum absolute atomic E-state index is 11.9. The lowest BCUT2D eigenvalue weighted by molar-refractivity contribution is -0.129. The van der Waals surface area contributed by atoms with Crippen LogP contribution < -0.4 is 11.1 Å². The van der Waals surface area contributed by atoms with Crippen molar-refractivity contribution in [3.63, 3.8) is 0 Å². The summed E-state index contributed by atoms with van der Waals surface area (Å²) in [6, 6.07) is 0. The molecule has 0 bridgehead atoms. The molecule has 0 spiro atoms. The molecule has 2 rings (SSSR count). The first-order valence-corrected chi connectivity index (χ1v) is 5.92. The van der Waals surface area contributed by atoms with Crippen molar-refractivity contribution < 1.29 is 4.79 Å². The van der Waals surface area contributed by atoms with E-state index in [1.54, 1.807) is 6.20 Å². The van der Waals surface area contributed by atoms with Crippen LogP contribution >= 0.6 is 11.3 Å². The van der Waals surface area contributed by atoms with Gasteiger partial charge in [0.2, 0.25) is 5.91 Å². The van der Waals surface area contributed by atoms with Crippen molar-refractivity contribution in [2.45, 2.75) is 26.2 Å². The predicted octanol–water partition coefficient (Wildman–Crippen LogP) is 1.52. The van der Waals surface area contributed by atoms with Gasteiger partial charge in [0.25, 0.3) is 0 Å². The van der Waals surface area contributed by atoms with Gasteiger partial charge in [-0.3, -0.25) is 4.79 Å². The van der Waals surface area contributed by atoms with E-state index in [0.29, 0.717) is 11.7 Å². The third kappa shape index (κ3) is 1.89. The molecule has 15 heavy (non-hydrogen) atoms. The zero-order valence-corrected chi connectivity index (χ0v) is 9.56. The van der Waals surface area contributed by atoms with E-state index < -0.39 is 0 Å². The number of nitrogens with one attached hydrogen (secondary N) is 1. The van der Waals surface area contributed by atoms with Gasteiger partial charge in [-0.25, -0.2) is 4.98 Å². The number of anilines is 1. The Morgan fingerprint density at radius 3 is 2.87 bits per heavy atom. The quantitative estimate of drug-likeness (QED) is 0.819. The molecule has 1 amide bonds. The average molecular weight is 225 g/mol. The number of carbonyl (C=O) groups excluding carboxylic acids is 1. The van der Waals surface area contributed by atoms with E-state index in [0.717, 1.165) is 24.1 Å². The minimum absolute atomic E-state index is 0.0330. The molecule has 1 fully saturated rings. The second-order valence-corrected chi connectivity index (χ2v) is 5.30. The lowest BCUT2D eigenvalue weighted by atomic mass is 9.68. The van der Waals surface area contributed by atoms with Crippen molar-refractivity contribution in [2.75, 3.05) is 11.9 Å². The van der Waals surface area contributed by atoms with Gasteiger partial charge in [-0.1, -0.05) is 6.42 Å². The van der Waals surface area contributed by atoms with Crippen molar-refractivity contribution in [1.82, 2.24) is 4.98 Å². The topological polar surface area (TPSA) is 68.0 Å². The summed E-state index contributed by atoms with van der Waals surface area (Å²) in [6.07, 6.45) is 4.66. The first-order chi connectivity index (χ1) is 7.16. The Hall–Kier alpha value is -0.940. The highest BCUT2D eigenvalue weighted by atomic mass is 32.1. The molecule has 1 aromatic heterocycles. The van der Waals surface area contributed by atoms with Crippen LogP contribution in [0.1, 0.15) is 24.1 Å². The van der Waals surface area contributed by atoms with Gasteiger partial charge in [-0.2, -0.15) is 0 Å². The number of thiazole rings is 1. The lowest BCUT2D eigenvalue weighted by Gasteiger charge is -2.38. The minimum Gasteiger partial charge on any atom is -0.329 e. The van der Waals surface area contributed by atoms with Crippen LogP contribution in [0.3, 0.4) is 0 Å². The highest BCUT2D eigenvalue weighted by molar-refractivity contribution is 7.15. The molecule has 0 unspecified atom stereocenters. The van der Waals surface area contributed by atoms with Gasteiger partial charge in [-0.05, 0) is 19.8 Å². The molecule has 1 aromatic rings. The SMILES string of the molecule is Cc1cnc(NC(=O)C2(CN)CCC2)s1. The van der Waals surface area contributed by atoms with Gasteiger partial charge in [0.05, 0.1) is 5.41 Å². The fraction of sp³-hybridized carbons (Fsp3) is 0.600. The Morgan fingerprint density at radius 1 is 1.73 bits per heavy atom. The highest BCUT2D eigenvalue weighted by Crippen LogP contribution is 2.40. The summed E-state index contributed by atoms with van der Waals surface area (Å²) in [5.41, 5.74) is 5.33. The summed E-state index contributed by atoms with van der Waals surface area (Å²) in [5.74, 6) is 0.0330. The number of aromatic nitrogens is 1. The van der Waals surface area contributed by atoms with Gasteiger partial charge in [0, 0.05) is 17.6 Å². The van der Waals surface area contributed by atoms with Gasteiger partial charge in [-0.15, -0.1) is 11.3 Å². The van der Waals surface area contributed by atoms with Crippen molar-refractivity contribution in [2.24, 2.45) is 11.1 Å². The lowest BCUT2D eigenvalue weighted by Crippen LogP contribution is -2.47. The summed E-state index contributed by atoms with van der Waals surface area (Å²) in [6.45, 7) is 2.40. The van der Waals surface area contributed by atoms with Gasteiger partial charge >= 0.3 is 0 Å². The number of rotatable bonds is 3. The maximum atomic E-state index is 11.9. The van der Waals surface area contributed by atoms with E-state index in [1.807, 2.05) is 6.92 Å². The minimum atomic E-state index is -0.320. The second kappa shape index (κ2) is 3.90. The summed E-state index contributed by atoms with van der Waals surface area (Å²) in [4.78, 5) is 17.1. The van der Waals surface area contributed by atoms with E-state index in [2.05, 4.69) is 10.3 Å². The zero-order valence-electron chi connectivity index (χ0n) is 8.75. The molecule has 0 aromatic carbocycles. The number of nitrogens with zero attached hydrogens (tertiary/aromatic N) is 1. The number of hydrogen-bond acceptors (Lipinski definition) is 4. The van der Waals surface area contributed by atoms with Crippen LogP contribution in [0, 0.1) is 12.3 Å². The van der Waals surface area contributed by atoms with Crippen molar-refractivity contribution in [1.29, 1.82) is 0 Å². The van der Waals surface area contributed by atoms with Gasteiger partial charge in [0.15, 0.2) is 5.13 Å². The van der Waals surface area contributed by atoms with Crippen LogP contribution in [-0.2, 0) is 4.79 Å². The van der Waals surface area contributed by atoms with Gasteiger partial charge < -0.3 is 11.1 Å². The van der Waals surface area contributed by atoms with Crippen LogP contribution in [0.4, 0.5) is 5.13 Å².